The summed E-state index contributed by atoms with van der Waals surface area (Å²) in [6.45, 7) is 11.8. The first kappa shape index (κ1) is 22.6. The second-order valence-electron chi connectivity index (χ2n) is 8.24. The van der Waals surface area contributed by atoms with Crippen LogP contribution in [0.3, 0.4) is 0 Å². The van der Waals surface area contributed by atoms with Crippen LogP contribution in [0.4, 0.5) is 13.2 Å². The van der Waals surface area contributed by atoms with E-state index in [1.807, 2.05) is 4.68 Å². The Labute approximate surface area is 174 Å². The maximum atomic E-state index is 13.3. The lowest BCUT2D eigenvalue weighted by molar-refractivity contribution is -0.0876. The molecule has 3 rings (SSSR count). The fourth-order valence-corrected chi connectivity index (χ4v) is 3.71. The van der Waals surface area contributed by atoms with Gasteiger partial charge in [-0.15, -0.1) is 0 Å². The summed E-state index contributed by atoms with van der Waals surface area (Å²) in [6, 6.07) is 0. The second kappa shape index (κ2) is 8.20. The third-order valence-corrected chi connectivity index (χ3v) is 5.29. The number of alkyl halides is 3. The van der Waals surface area contributed by atoms with Gasteiger partial charge < -0.3 is 15.4 Å². The van der Waals surface area contributed by atoms with Crippen molar-refractivity contribution < 1.29 is 17.9 Å². The Hall–Kier alpha value is -2.11. The molecule has 168 valence electrons. The number of hydrogen-bond acceptors (Lipinski definition) is 7. The molecule has 0 bridgehead atoms. The first-order valence-corrected chi connectivity index (χ1v) is 10.0. The Bertz CT molecular complexity index is 825. The predicted octanol–water partition coefficient (Wildman–Crippen LogP) is 1.39. The molecule has 1 saturated heterocycles. The van der Waals surface area contributed by atoms with Crippen LogP contribution in [0.25, 0.3) is 0 Å². The van der Waals surface area contributed by atoms with E-state index in [9.17, 15) is 13.2 Å². The van der Waals surface area contributed by atoms with Gasteiger partial charge in [0.2, 0.25) is 5.79 Å². The summed E-state index contributed by atoms with van der Waals surface area (Å²) in [5.41, 5.74) is 6.30. The maximum absolute atomic E-state index is 13.3. The van der Waals surface area contributed by atoms with Crippen LogP contribution in [0.15, 0.2) is 22.6 Å². The zero-order chi connectivity index (χ0) is 22.2. The van der Waals surface area contributed by atoms with Crippen LogP contribution in [-0.2, 0) is 16.1 Å². The summed E-state index contributed by atoms with van der Waals surface area (Å²) in [6.07, 6.45) is -2.00. The summed E-state index contributed by atoms with van der Waals surface area (Å²) in [5.74, 6) is -1.74. The topological polar surface area (TPSA) is 92.7 Å². The highest BCUT2D eigenvalue weighted by Gasteiger charge is 2.42. The molecule has 30 heavy (non-hydrogen) atoms. The van der Waals surface area contributed by atoms with Crippen LogP contribution >= 0.6 is 0 Å². The van der Waals surface area contributed by atoms with E-state index in [-0.39, 0.29) is 11.4 Å². The van der Waals surface area contributed by atoms with E-state index >= 15 is 0 Å². The highest BCUT2D eigenvalue weighted by atomic mass is 19.4. The Morgan fingerprint density at radius 2 is 1.97 bits per heavy atom. The average Bonchev–Trinajstić information content (AvgIpc) is 3.05. The zero-order valence-electron chi connectivity index (χ0n) is 17.8. The van der Waals surface area contributed by atoms with E-state index in [0.29, 0.717) is 31.0 Å². The van der Waals surface area contributed by atoms with E-state index in [1.165, 1.54) is 0 Å². The van der Waals surface area contributed by atoms with Crippen LogP contribution in [-0.4, -0.2) is 66.5 Å². The highest BCUT2D eigenvalue weighted by molar-refractivity contribution is 5.82. The summed E-state index contributed by atoms with van der Waals surface area (Å²) in [4.78, 5) is 6.33. The fourth-order valence-electron chi connectivity index (χ4n) is 3.71. The van der Waals surface area contributed by atoms with E-state index in [4.69, 9.17) is 10.5 Å². The largest absolute Gasteiger partial charge is 0.421 e. The van der Waals surface area contributed by atoms with E-state index in [1.54, 1.807) is 20.0 Å². The first-order valence-electron chi connectivity index (χ1n) is 10.0. The molecule has 1 atom stereocenters. The van der Waals surface area contributed by atoms with Crippen LogP contribution in [0.1, 0.15) is 32.0 Å². The summed E-state index contributed by atoms with van der Waals surface area (Å²) < 4.78 is 47.2. The van der Waals surface area contributed by atoms with E-state index < -0.39 is 17.5 Å². The number of morpholine rings is 1. The number of aryl methyl sites for hydroxylation is 1. The van der Waals surface area contributed by atoms with Gasteiger partial charge in [0.15, 0.2) is 0 Å². The fraction of sp³-hybridized carbons (Fsp3) is 0.684. The Morgan fingerprint density at radius 3 is 2.57 bits per heavy atom. The van der Waals surface area contributed by atoms with Crippen molar-refractivity contribution in [3.8, 4) is 0 Å². The number of hydrogen-bond donors (Lipinski definition) is 3. The third kappa shape index (κ3) is 4.62. The number of nitrogens with one attached hydrogen (secondary N) is 2. The molecule has 1 aromatic heterocycles. The van der Waals surface area contributed by atoms with Crippen LogP contribution in [0.5, 0.6) is 0 Å². The molecule has 0 aliphatic carbocycles. The lowest BCUT2D eigenvalue weighted by Crippen LogP contribution is -2.54. The number of halogens is 3. The van der Waals surface area contributed by atoms with Gasteiger partial charge in [0.05, 0.1) is 30.0 Å². The van der Waals surface area contributed by atoms with Gasteiger partial charge >= 0.3 is 6.18 Å². The van der Waals surface area contributed by atoms with E-state index in [2.05, 4.69) is 39.5 Å². The molecule has 0 saturated carbocycles. The number of ether oxygens (including phenoxy) is 1. The Balaban J connectivity index is 1.87. The number of aromatic nitrogens is 2. The van der Waals surface area contributed by atoms with Gasteiger partial charge in [-0.1, -0.05) is 0 Å². The van der Waals surface area contributed by atoms with Crippen molar-refractivity contribution in [1.29, 1.82) is 0 Å². The van der Waals surface area contributed by atoms with E-state index in [0.717, 1.165) is 25.8 Å². The minimum atomic E-state index is -4.55. The maximum Gasteiger partial charge on any atom is 0.421 e. The summed E-state index contributed by atoms with van der Waals surface area (Å²) in [7, 11) is 0. The lowest BCUT2D eigenvalue weighted by atomic mass is 10.0. The standard InChI is InChI=1S/C19H30F3N7O/c1-5-24-16-14(18(20,21)22)10-25-19(23,26-16)15-11-29(27-13(15)2)17(3,4)12-28-6-8-30-9-7-28/h10-11,24,26H,5-9,12,23H2,1-4H3. The van der Waals surface area contributed by atoms with Gasteiger partial charge in [-0.2, -0.15) is 18.3 Å². The summed E-state index contributed by atoms with van der Waals surface area (Å²) in [5, 5.41) is 10.1. The van der Waals surface area contributed by atoms with Crippen molar-refractivity contribution >= 4 is 6.21 Å². The minimum absolute atomic E-state index is 0.192. The molecule has 1 aromatic rings. The Kier molecular flexibility index (Phi) is 6.17. The van der Waals surface area contributed by atoms with Crippen LogP contribution < -0.4 is 16.4 Å². The number of nitrogens with zero attached hydrogens (tertiary/aromatic N) is 4. The molecule has 2 aliphatic rings. The molecule has 1 fully saturated rings. The molecule has 0 aromatic carbocycles. The minimum Gasteiger partial charge on any atom is -0.379 e. The molecule has 1 unspecified atom stereocenters. The number of aliphatic imine (C=N–C) groups is 1. The molecule has 3 heterocycles. The highest BCUT2D eigenvalue weighted by Crippen LogP contribution is 2.32. The number of allylic oxidation sites excluding steroid dienone is 1. The molecule has 4 N–H and O–H groups in total. The SMILES string of the molecule is CCNC1=C(C(F)(F)F)C=NC(N)(c2cn(C(C)(C)CN3CCOCC3)nc2C)N1. The monoisotopic (exact) mass is 429 g/mol. The van der Waals surface area contributed by atoms with Crippen molar-refractivity contribution in [2.75, 3.05) is 39.4 Å². The molecular weight excluding hydrogens is 399 g/mol. The predicted molar refractivity (Wildman–Crippen MR) is 108 cm³/mol. The second-order valence-corrected chi connectivity index (χ2v) is 8.24. The molecule has 11 heteroatoms. The average molecular weight is 429 g/mol. The quantitative estimate of drug-likeness (QED) is 0.633. The number of nitrogens with two attached hydrogens (primary N) is 1. The van der Waals surface area contributed by atoms with Crippen molar-refractivity contribution in [2.45, 2.75) is 45.2 Å². The van der Waals surface area contributed by atoms with Gasteiger partial charge in [0.25, 0.3) is 0 Å². The molecular formula is C19H30F3N7O. The van der Waals surface area contributed by atoms with Gasteiger partial charge in [-0.25, -0.2) is 4.99 Å². The van der Waals surface area contributed by atoms with Crippen molar-refractivity contribution in [3.63, 3.8) is 0 Å². The number of rotatable bonds is 6. The lowest BCUT2D eigenvalue weighted by Gasteiger charge is -2.35. The normalized spacial score (nSPS) is 23.6. The zero-order valence-corrected chi connectivity index (χ0v) is 17.8. The molecule has 0 radical (unpaired) electrons. The van der Waals surface area contributed by atoms with Crippen molar-refractivity contribution in [1.82, 2.24) is 25.3 Å². The Morgan fingerprint density at radius 1 is 1.30 bits per heavy atom. The van der Waals surface area contributed by atoms with Gasteiger partial charge in [0.1, 0.15) is 11.4 Å². The smallest absolute Gasteiger partial charge is 0.379 e. The molecule has 2 aliphatic heterocycles. The molecule has 0 amide bonds. The molecule has 0 spiro atoms. The molecule has 8 nitrogen and oxygen atoms in total. The first-order chi connectivity index (χ1) is 14.0. The van der Waals surface area contributed by atoms with Gasteiger partial charge in [0, 0.05) is 38.6 Å². The third-order valence-electron chi connectivity index (χ3n) is 5.29. The van der Waals surface area contributed by atoms with Crippen LogP contribution in [0.2, 0.25) is 0 Å². The van der Waals surface area contributed by atoms with Crippen molar-refractivity contribution in [3.05, 3.63) is 28.8 Å². The summed E-state index contributed by atoms with van der Waals surface area (Å²) >= 11 is 0. The van der Waals surface area contributed by atoms with Gasteiger partial charge in [-0.3, -0.25) is 15.3 Å². The van der Waals surface area contributed by atoms with Gasteiger partial charge in [-0.05, 0) is 27.7 Å². The van der Waals surface area contributed by atoms with Crippen LogP contribution in [0, 0.1) is 6.92 Å². The van der Waals surface area contributed by atoms with Crippen molar-refractivity contribution in [2.24, 2.45) is 10.7 Å².